The van der Waals surface area contributed by atoms with E-state index >= 15 is 0 Å². The lowest BCUT2D eigenvalue weighted by atomic mass is 9.82. The Balaban J connectivity index is 1.72. The van der Waals surface area contributed by atoms with Crippen LogP contribution < -0.4 is 0 Å². The highest BCUT2D eigenvalue weighted by Gasteiger charge is 2.43. The van der Waals surface area contributed by atoms with Crippen LogP contribution in [0.5, 0.6) is 0 Å². The van der Waals surface area contributed by atoms with Gasteiger partial charge >= 0.3 is 0 Å². The van der Waals surface area contributed by atoms with E-state index in [1.54, 1.807) is 6.07 Å². The maximum Gasteiger partial charge on any atom is 0.176 e. The van der Waals surface area contributed by atoms with Crippen molar-refractivity contribution in [3.05, 3.63) is 51.7 Å². The molecule has 1 aliphatic heterocycles. The Hall–Kier alpha value is -1.30. The fourth-order valence-electron chi connectivity index (χ4n) is 4.20. The molecule has 3 nitrogen and oxygen atoms in total. The molecule has 0 aromatic carbocycles. The Labute approximate surface area is 179 Å². The summed E-state index contributed by atoms with van der Waals surface area (Å²) >= 11 is 1.27. The molecule has 0 aliphatic carbocycles. The molecule has 3 rings (SSSR count). The monoisotopic (exact) mass is 418 g/mol. The summed E-state index contributed by atoms with van der Waals surface area (Å²) in [5.41, 5.74) is 2.34. The lowest BCUT2D eigenvalue weighted by Crippen LogP contribution is -2.42. The molecule has 2 aromatic rings. The van der Waals surface area contributed by atoms with E-state index in [1.807, 2.05) is 19.2 Å². The summed E-state index contributed by atoms with van der Waals surface area (Å²) in [7, 11) is 0. The van der Waals surface area contributed by atoms with Crippen molar-refractivity contribution in [1.82, 2.24) is 9.88 Å². The number of nitrogens with zero attached hydrogens (tertiary/aromatic N) is 2. The van der Waals surface area contributed by atoms with Gasteiger partial charge in [-0.15, -0.1) is 11.3 Å². The SMILES string of the molecule is Cc1ccc(C(C)(C)N2CC[C@@](CCc3ccc(F)s3)(COCC(C)C)C2)cn1. The summed E-state index contributed by atoms with van der Waals surface area (Å²) in [4.78, 5) is 8.22. The van der Waals surface area contributed by atoms with Crippen molar-refractivity contribution in [2.45, 2.75) is 59.4 Å². The Kier molecular flexibility index (Phi) is 7.13. The molecule has 2 aromatic heterocycles. The Bertz CT molecular complexity index is 786. The molecule has 0 amide bonds. The first kappa shape index (κ1) is 22.4. The van der Waals surface area contributed by atoms with Gasteiger partial charge in [-0.2, -0.15) is 4.39 Å². The molecule has 0 unspecified atom stereocenters. The van der Waals surface area contributed by atoms with Gasteiger partial charge in [-0.05, 0) is 76.3 Å². The fraction of sp³-hybridized carbons (Fsp3) is 0.625. The minimum atomic E-state index is -0.0915. The number of halogens is 1. The Morgan fingerprint density at radius 1 is 1.28 bits per heavy atom. The van der Waals surface area contributed by atoms with Crippen molar-refractivity contribution in [3.8, 4) is 0 Å². The second-order valence-electron chi connectivity index (χ2n) is 9.53. The van der Waals surface area contributed by atoms with E-state index in [0.717, 1.165) is 56.1 Å². The number of aryl methyl sites for hydroxylation is 2. The molecule has 0 spiro atoms. The molecular formula is C24H35FN2OS. The average molecular weight is 419 g/mol. The summed E-state index contributed by atoms with van der Waals surface area (Å²) in [6.45, 7) is 14.6. The van der Waals surface area contributed by atoms with Crippen molar-refractivity contribution in [2.24, 2.45) is 11.3 Å². The van der Waals surface area contributed by atoms with E-state index in [0.29, 0.717) is 5.92 Å². The minimum Gasteiger partial charge on any atom is -0.381 e. The summed E-state index contributed by atoms with van der Waals surface area (Å²) < 4.78 is 19.6. The molecule has 3 heterocycles. The first-order chi connectivity index (χ1) is 13.7. The molecule has 29 heavy (non-hydrogen) atoms. The third-order valence-corrected chi connectivity index (χ3v) is 7.17. The first-order valence-electron chi connectivity index (χ1n) is 10.7. The van der Waals surface area contributed by atoms with E-state index in [2.05, 4.69) is 49.7 Å². The predicted molar refractivity (Wildman–Crippen MR) is 119 cm³/mol. The molecule has 0 N–H and O–H groups in total. The van der Waals surface area contributed by atoms with E-state index in [4.69, 9.17) is 4.74 Å². The fourth-order valence-corrected chi connectivity index (χ4v) is 4.93. The highest BCUT2D eigenvalue weighted by Crippen LogP contribution is 2.42. The third-order valence-electron chi connectivity index (χ3n) is 6.24. The number of aromatic nitrogens is 1. The van der Waals surface area contributed by atoms with Crippen LogP contribution in [-0.4, -0.2) is 36.2 Å². The molecule has 5 heteroatoms. The first-order valence-corrected chi connectivity index (χ1v) is 11.5. The average Bonchev–Trinajstić information content (AvgIpc) is 3.27. The number of rotatable bonds is 9. The highest BCUT2D eigenvalue weighted by atomic mass is 32.1. The van der Waals surface area contributed by atoms with Gasteiger partial charge in [0.1, 0.15) is 0 Å². The summed E-state index contributed by atoms with van der Waals surface area (Å²) in [5.74, 6) is 0.533. The smallest absolute Gasteiger partial charge is 0.176 e. The van der Waals surface area contributed by atoms with Gasteiger partial charge in [-0.3, -0.25) is 9.88 Å². The highest BCUT2D eigenvalue weighted by molar-refractivity contribution is 7.10. The van der Waals surface area contributed by atoms with E-state index in [1.165, 1.54) is 16.9 Å². The van der Waals surface area contributed by atoms with Gasteiger partial charge in [0.2, 0.25) is 0 Å². The summed E-state index contributed by atoms with van der Waals surface area (Å²) in [6, 6.07) is 7.80. The zero-order valence-electron chi connectivity index (χ0n) is 18.5. The van der Waals surface area contributed by atoms with Crippen LogP contribution in [0.15, 0.2) is 30.5 Å². The number of likely N-dealkylation sites (tertiary alicyclic amines) is 1. The van der Waals surface area contributed by atoms with Crippen LogP contribution in [0.1, 0.15) is 56.7 Å². The Morgan fingerprint density at radius 2 is 2.07 bits per heavy atom. The number of pyridine rings is 1. The molecule has 160 valence electrons. The topological polar surface area (TPSA) is 25.4 Å². The quantitative estimate of drug-likeness (QED) is 0.513. The van der Waals surface area contributed by atoms with Crippen LogP contribution in [0.3, 0.4) is 0 Å². The van der Waals surface area contributed by atoms with Gasteiger partial charge in [-0.1, -0.05) is 19.9 Å². The largest absolute Gasteiger partial charge is 0.381 e. The molecule has 1 atom stereocenters. The van der Waals surface area contributed by atoms with Gasteiger partial charge in [0.25, 0.3) is 0 Å². The number of thiophene rings is 1. The maximum atomic E-state index is 13.4. The molecule has 1 fully saturated rings. The number of ether oxygens (including phenoxy) is 1. The number of hydrogen-bond acceptors (Lipinski definition) is 4. The second-order valence-corrected chi connectivity index (χ2v) is 10.7. The van der Waals surface area contributed by atoms with E-state index in [9.17, 15) is 4.39 Å². The van der Waals surface area contributed by atoms with Crippen molar-refractivity contribution < 1.29 is 9.13 Å². The molecule has 0 radical (unpaired) electrons. The van der Waals surface area contributed by atoms with Crippen LogP contribution in [0.2, 0.25) is 0 Å². The lowest BCUT2D eigenvalue weighted by Gasteiger charge is -2.38. The predicted octanol–water partition coefficient (Wildman–Crippen LogP) is 5.82. The minimum absolute atomic E-state index is 0.0739. The van der Waals surface area contributed by atoms with Crippen LogP contribution in [0.4, 0.5) is 4.39 Å². The second kappa shape index (κ2) is 9.23. The van der Waals surface area contributed by atoms with Crippen LogP contribution in [-0.2, 0) is 16.7 Å². The van der Waals surface area contributed by atoms with Gasteiger partial charge in [0.15, 0.2) is 5.13 Å². The third kappa shape index (κ3) is 5.65. The van der Waals surface area contributed by atoms with E-state index in [-0.39, 0.29) is 16.1 Å². The lowest BCUT2D eigenvalue weighted by molar-refractivity contribution is 0.0214. The normalized spacial score (nSPS) is 20.7. The molecule has 1 aliphatic rings. The maximum absolute atomic E-state index is 13.4. The van der Waals surface area contributed by atoms with Crippen molar-refractivity contribution in [3.63, 3.8) is 0 Å². The van der Waals surface area contributed by atoms with E-state index < -0.39 is 0 Å². The van der Waals surface area contributed by atoms with Crippen molar-refractivity contribution >= 4 is 11.3 Å². The van der Waals surface area contributed by atoms with Gasteiger partial charge in [0, 0.05) is 40.9 Å². The van der Waals surface area contributed by atoms with Gasteiger partial charge in [0.05, 0.1) is 6.61 Å². The van der Waals surface area contributed by atoms with Gasteiger partial charge < -0.3 is 4.74 Å². The van der Waals surface area contributed by atoms with Crippen molar-refractivity contribution in [1.29, 1.82) is 0 Å². The number of hydrogen-bond donors (Lipinski definition) is 0. The molecular weight excluding hydrogens is 383 g/mol. The van der Waals surface area contributed by atoms with Crippen LogP contribution >= 0.6 is 11.3 Å². The molecule has 1 saturated heterocycles. The Morgan fingerprint density at radius 3 is 2.69 bits per heavy atom. The summed E-state index contributed by atoms with van der Waals surface area (Å²) in [5, 5.41) is -0.0915. The van der Waals surface area contributed by atoms with Crippen LogP contribution in [0, 0.1) is 23.4 Å². The van der Waals surface area contributed by atoms with Crippen LogP contribution in [0.25, 0.3) is 0 Å². The summed E-state index contributed by atoms with van der Waals surface area (Å²) in [6.07, 6.45) is 5.07. The zero-order chi connectivity index (χ0) is 21.1. The van der Waals surface area contributed by atoms with Crippen molar-refractivity contribution in [2.75, 3.05) is 26.3 Å². The zero-order valence-corrected chi connectivity index (χ0v) is 19.3. The molecule has 0 saturated carbocycles. The van der Waals surface area contributed by atoms with Gasteiger partial charge in [-0.25, -0.2) is 0 Å². The molecule has 0 bridgehead atoms. The standard InChI is InChI=1S/C24H35FN2OS/c1-18(2)15-28-17-24(11-10-21-8-9-22(25)29-21)12-13-27(16-24)23(4,5)20-7-6-19(3)26-14-20/h6-9,14,18H,10-13,15-17H2,1-5H3/t24-/m1/s1.